The molecule has 2 aromatic heterocycles. The van der Waals surface area contributed by atoms with Crippen molar-refractivity contribution in [3.8, 4) is 11.5 Å². The largest absolute Gasteiger partial charge is 0.486 e. The van der Waals surface area contributed by atoms with Crippen LogP contribution in [-0.2, 0) is 28.9 Å². The summed E-state index contributed by atoms with van der Waals surface area (Å²) in [7, 11) is 0. The number of aryl methyl sites for hydroxylation is 2. The Labute approximate surface area is 188 Å². The fourth-order valence-corrected chi connectivity index (χ4v) is 5.63. The molecule has 1 aliphatic carbocycles. The van der Waals surface area contributed by atoms with Crippen LogP contribution in [0.4, 0.5) is 5.69 Å². The number of carbonyl (C=O) groups is 2. The third kappa shape index (κ3) is 4.31. The van der Waals surface area contributed by atoms with E-state index in [9.17, 15) is 9.59 Å². The molecule has 1 aromatic carbocycles. The standard InChI is InChI=1S/C23H21NO5S2/c25-22(14-29-23(26)21-11-15-3-1-5-20(15)31-21)24(13-17-4-2-10-30-17)16-6-7-18-19(12-16)28-9-8-27-18/h2,4,6-7,10-12H,1,3,5,8-9,13-14H2. The predicted octanol–water partition coefficient (Wildman–Crippen LogP) is 4.46. The number of esters is 1. The molecule has 1 amide bonds. The molecule has 2 aliphatic rings. The van der Waals surface area contributed by atoms with Crippen LogP contribution in [0.5, 0.6) is 11.5 Å². The Morgan fingerprint density at radius 1 is 1.06 bits per heavy atom. The number of fused-ring (bicyclic) bond motifs is 2. The summed E-state index contributed by atoms with van der Waals surface area (Å²) in [4.78, 5) is 30.1. The summed E-state index contributed by atoms with van der Waals surface area (Å²) in [5.41, 5.74) is 1.91. The summed E-state index contributed by atoms with van der Waals surface area (Å²) in [5.74, 6) is 0.544. The van der Waals surface area contributed by atoms with Gasteiger partial charge in [-0.15, -0.1) is 22.7 Å². The lowest BCUT2D eigenvalue weighted by Gasteiger charge is -2.25. The van der Waals surface area contributed by atoms with E-state index in [1.165, 1.54) is 21.8 Å². The number of thiophene rings is 2. The average Bonchev–Trinajstić information content (AvgIpc) is 3.53. The van der Waals surface area contributed by atoms with Gasteiger partial charge >= 0.3 is 5.97 Å². The van der Waals surface area contributed by atoms with Gasteiger partial charge in [0.2, 0.25) is 0 Å². The minimum absolute atomic E-state index is 0.289. The van der Waals surface area contributed by atoms with Crippen molar-refractivity contribution in [2.45, 2.75) is 25.8 Å². The van der Waals surface area contributed by atoms with Crippen LogP contribution >= 0.6 is 22.7 Å². The molecule has 8 heteroatoms. The molecule has 3 aromatic rings. The molecule has 5 rings (SSSR count). The molecule has 3 heterocycles. The molecule has 0 saturated carbocycles. The highest BCUT2D eigenvalue weighted by Gasteiger charge is 2.24. The van der Waals surface area contributed by atoms with E-state index in [0.29, 0.717) is 41.8 Å². The van der Waals surface area contributed by atoms with Crippen LogP contribution in [0, 0.1) is 0 Å². The molecule has 0 N–H and O–H groups in total. The first-order valence-electron chi connectivity index (χ1n) is 10.2. The summed E-state index contributed by atoms with van der Waals surface area (Å²) in [6, 6.07) is 11.3. The van der Waals surface area contributed by atoms with Crippen LogP contribution in [0.2, 0.25) is 0 Å². The SMILES string of the molecule is O=C(OCC(=O)N(Cc1cccs1)c1ccc2c(c1)OCCO2)c1cc2c(s1)CCC2. The number of anilines is 1. The van der Waals surface area contributed by atoms with E-state index >= 15 is 0 Å². The zero-order valence-electron chi connectivity index (χ0n) is 16.8. The normalized spacial score (nSPS) is 14.2. The van der Waals surface area contributed by atoms with Crippen LogP contribution in [0.15, 0.2) is 41.8 Å². The van der Waals surface area contributed by atoms with Gasteiger partial charge in [0.05, 0.1) is 6.54 Å². The smallest absolute Gasteiger partial charge is 0.348 e. The second kappa shape index (κ2) is 8.72. The lowest BCUT2D eigenvalue weighted by atomic mass is 10.2. The lowest BCUT2D eigenvalue weighted by Crippen LogP contribution is -2.34. The van der Waals surface area contributed by atoms with Gasteiger partial charge in [-0.2, -0.15) is 0 Å². The Kier molecular flexibility index (Phi) is 5.65. The summed E-state index contributed by atoms with van der Waals surface area (Å²) in [6.45, 7) is 1.05. The third-order valence-electron chi connectivity index (χ3n) is 5.31. The fourth-order valence-electron chi connectivity index (χ4n) is 3.79. The van der Waals surface area contributed by atoms with Gasteiger partial charge in [-0.25, -0.2) is 4.79 Å². The number of carbonyl (C=O) groups excluding carboxylic acids is 2. The number of amides is 1. The molecule has 0 atom stereocenters. The number of hydrogen-bond acceptors (Lipinski definition) is 7. The van der Waals surface area contributed by atoms with E-state index in [-0.39, 0.29) is 12.5 Å². The van der Waals surface area contributed by atoms with Gasteiger partial charge in [0, 0.05) is 21.5 Å². The highest BCUT2D eigenvalue weighted by molar-refractivity contribution is 7.14. The molecule has 6 nitrogen and oxygen atoms in total. The predicted molar refractivity (Wildman–Crippen MR) is 120 cm³/mol. The number of rotatable bonds is 6. The first-order valence-corrected chi connectivity index (χ1v) is 11.9. The van der Waals surface area contributed by atoms with Crippen molar-refractivity contribution in [3.05, 3.63) is 62.0 Å². The quantitative estimate of drug-likeness (QED) is 0.514. The Hall–Kier alpha value is -2.84. The summed E-state index contributed by atoms with van der Waals surface area (Å²) in [6.07, 6.45) is 3.17. The number of nitrogens with zero attached hydrogens (tertiary/aromatic N) is 1. The Balaban J connectivity index is 1.32. The Morgan fingerprint density at radius 3 is 2.74 bits per heavy atom. The van der Waals surface area contributed by atoms with Crippen molar-refractivity contribution in [3.63, 3.8) is 0 Å². The van der Waals surface area contributed by atoms with E-state index < -0.39 is 5.97 Å². The van der Waals surface area contributed by atoms with Crippen LogP contribution in [0.1, 0.15) is 31.4 Å². The maximum absolute atomic E-state index is 13.1. The van der Waals surface area contributed by atoms with Gasteiger partial charge in [0.1, 0.15) is 18.1 Å². The maximum atomic E-state index is 13.1. The van der Waals surface area contributed by atoms with Crippen molar-refractivity contribution in [2.75, 3.05) is 24.7 Å². The van der Waals surface area contributed by atoms with Gasteiger partial charge in [-0.05, 0) is 54.5 Å². The number of hydrogen-bond donors (Lipinski definition) is 0. The van der Waals surface area contributed by atoms with Crippen LogP contribution in [0.3, 0.4) is 0 Å². The molecule has 0 saturated heterocycles. The van der Waals surface area contributed by atoms with Crippen LogP contribution in [-0.4, -0.2) is 31.7 Å². The van der Waals surface area contributed by atoms with Gasteiger partial charge < -0.3 is 19.1 Å². The molecular formula is C23H21NO5S2. The molecule has 31 heavy (non-hydrogen) atoms. The van der Waals surface area contributed by atoms with E-state index in [1.807, 2.05) is 29.6 Å². The van der Waals surface area contributed by atoms with Crippen molar-refractivity contribution in [2.24, 2.45) is 0 Å². The Morgan fingerprint density at radius 2 is 1.94 bits per heavy atom. The topological polar surface area (TPSA) is 65.1 Å². The van der Waals surface area contributed by atoms with Crippen molar-refractivity contribution in [1.29, 1.82) is 0 Å². The second-order valence-corrected chi connectivity index (χ2v) is 9.54. The summed E-state index contributed by atoms with van der Waals surface area (Å²) in [5, 5.41) is 1.97. The van der Waals surface area contributed by atoms with Gasteiger partial charge in [0.15, 0.2) is 18.1 Å². The van der Waals surface area contributed by atoms with Crippen LogP contribution < -0.4 is 14.4 Å². The highest BCUT2D eigenvalue weighted by atomic mass is 32.1. The van der Waals surface area contributed by atoms with Crippen molar-refractivity contribution >= 4 is 40.2 Å². The van der Waals surface area contributed by atoms with E-state index in [0.717, 1.165) is 24.1 Å². The third-order valence-corrected chi connectivity index (χ3v) is 7.39. The number of ether oxygens (including phenoxy) is 3. The molecule has 0 unspecified atom stereocenters. The lowest BCUT2D eigenvalue weighted by molar-refractivity contribution is -0.121. The van der Waals surface area contributed by atoms with Crippen molar-refractivity contribution in [1.82, 2.24) is 0 Å². The molecule has 0 bridgehead atoms. The van der Waals surface area contributed by atoms with Gasteiger partial charge in [-0.3, -0.25) is 4.79 Å². The molecule has 0 spiro atoms. The minimum atomic E-state index is -0.439. The fraction of sp³-hybridized carbons (Fsp3) is 0.304. The summed E-state index contributed by atoms with van der Waals surface area (Å²) < 4.78 is 16.6. The molecular weight excluding hydrogens is 434 g/mol. The monoisotopic (exact) mass is 455 g/mol. The highest BCUT2D eigenvalue weighted by Crippen LogP contribution is 2.35. The molecule has 0 radical (unpaired) electrons. The summed E-state index contributed by atoms with van der Waals surface area (Å²) >= 11 is 3.05. The first-order chi connectivity index (χ1) is 15.2. The van der Waals surface area contributed by atoms with E-state index in [1.54, 1.807) is 28.4 Å². The number of benzene rings is 1. The van der Waals surface area contributed by atoms with Crippen LogP contribution in [0.25, 0.3) is 0 Å². The molecule has 0 fully saturated rings. The van der Waals surface area contributed by atoms with E-state index in [2.05, 4.69) is 0 Å². The van der Waals surface area contributed by atoms with Crippen molar-refractivity contribution < 1.29 is 23.8 Å². The maximum Gasteiger partial charge on any atom is 0.348 e. The molecule has 160 valence electrons. The van der Waals surface area contributed by atoms with Gasteiger partial charge in [0.25, 0.3) is 5.91 Å². The molecule has 1 aliphatic heterocycles. The second-order valence-electron chi connectivity index (χ2n) is 7.38. The van der Waals surface area contributed by atoms with Gasteiger partial charge in [-0.1, -0.05) is 6.07 Å². The minimum Gasteiger partial charge on any atom is -0.486 e. The zero-order valence-corrected chi connectivity index (χ0v) is 18.4. The first kappa shape index (κ1) is 20.1. The Bertz CT molecular complexity index is 1080. The average molecular weight is 456 g/mol. The van der Waals surface area contributed by atoms with E-state index in [4.69, 9.17) is 14.2 Å². The zero-order chi connectivity index (χ0) is 21.2.